The van der Waals surface area contributed by atoms with Crippen LogP contribution in [-0.4, -0.2) is 15.0 Å². The van der Waals surface area contributed by atoms with Crippen LogP contribution in [0.2, 0.25) is 0 Å². The maximum Gasteiger partial charge on any atom is 0.164 e. The second-order valence-corrected chi connectivity index (χ2v) is 16.0. The molecule has 5 nitrogen and oxygen atoms in total. The lowest BCUT2D eigenvalue weighted by molar-refractivity contribution is 0.643. The molecule has 0 amide bonds. The van der Waals surface area contributed by atoms with Crippen LogP contribution in [0.3, 0.4) is 0 Å². The van der Waals surface area contributed by atoms with Gasteiger partial charge in [-0.1, -0.05) is 164 Å². The fourth-order valence-electron chi connectivity index (χ4n) is 9.86. The second-order valence-electron chi connectivity index (χ2n) is 16.0. The number of aromatic nitrogens is 3. The Bertz CT molecular complexity index is 3170. The number of benzene rings is 8. The summed E-state index contributed by atoms with van der Waals surface area (Å²) in [5, 5.41) is 2.22. The van der Waals surface area contributed by atoms with E-state index in [4.69, 9.17) is 19.4 Å². The average Bonchev–Trinajstić information content (AvgIpc) is 3.71. The molecule has 3 heterocycles. The molecule has 8 aromatic carbocycles. The molecule has 0 N–H and O–H groups in total. The summed E-state index contributed by atoms with van der Waals surface area (Å²) in [5.74, 6) is 1.97. The topological polar surface area (TPSA) is 55.1 Å². The molecule has 292 valence electrons. The van der Waals surface area contributed by atoms with Crippen molar-refractivity contribution in [2.24, 2.45) is 0 Å². The van der Waals surface area contributed by atoms with Crippen molar-refractivity contribution >= 4 is 39.0 Å². The Morgan fingerprint density at radius 3 is 1.46 bits per heavy atom. The number of hydrogen-bond acceptors (Lipinski definition) is 5. The Kier molecular flexibility index (Phi) is 8.53. The summed E-state index contributed by atoms with van der Waals surface area (Å²) in [6.07, 6.45) is 0. The van der Waals surface area contributed by atoms with Gasteiger partial charge in [-0.05, 0) is 84.8 Å². The first-order valence-electron chi connectivity index (χ1n) is 20.9. The molecule has 0 bridgehead atoms. The van der Waals surface area contributed by atoms with Gasteiger partial charge in [0.15, 0.2) is 17.5 Å². The van der Waals surface area contributed by atoms with E-state index in [1.54, 1.807) is 0 Å². The summed E-state index contributed by atoms with van der Waals surface area (Å²) >= 11 is 0. The van der Waals surface area contributed by atoms with Gasteiger partial charge in [0, 0.05) is 33.0 Å². The molecule has 0 spiro atoms. The molecule has 0 atom stereocenters. The summed E-state index contributed by atoms with van der Waals surface area (Å²) in [4.78, 5) is 17.9. The maximum atomic E-state index is 6.89. The van der Waals surface area contributed by atoms with Gasteiger partial charge in [-0.2, -0.15) is 0 Å². The van der Waals surface area contributed by atoms with Crippen molar-refractivity contribution < 1.29 is 4.42 Å². The monoisotopic (exact) mass is 786 g/mol. The van der Waals surface area contributed by atoms with Crippen LogP contribution in [0.25, 0.3) is 56.1 Å². The van der Waals surface area contributed by atoms with Crippen LogP contribution in [-0.2, 0) is 5.41 Å². The van der Waals surface area contributed by atoms with Gasteiger partial charge in [-0.25, -0.2) is 15.0 Å². The van der Waals surface area contributed by atoms with E-state index in [9.17, 15) is 0 Å². The van der Waals surface area contributed by atoms with Crippen LogP contribution in [0.4, 0.5) is 17.1 Å². The first kappa shape index (κ1) is 36.4. The van der Waals surface area contributed by atoms with Crippen molar-refractivity contribution in [3.63, 3.8) is 0 Å². The third-order valence-corrected chi connectivity index (χ3v) is 12.8. The van der Waals surface area contributed by atoms with Crippen molar-refractivity contribution in [1.82, 2.24) is 15.0 Å². The van der Waals surface area contributed by atoms with Crippen LogP contribution in [0.15, 0.2) is 186 Å². The number of para-hydroxylation sites is 4. The molecular formula is C56H42N4O. The molecule has 2 aromatic heterocycles. The van der Waals surface area contributed by atoms with Crippen LogP contribution in [0, 0.1) is 27.7 Å². The molecule has 11 rings (SSSR count). The van der Waals surface area contributed by atoms with E-state index in [0.29, 0.717) is 17.5 Å². The number of anilines is 3. The van der Waals surface area contributed by atoms with E-state index in [1.807, 2.05) is 42.5 Å². The quantitative estimate of drug-likeness (QED) is 0.168. The highest BCUT2D eigenvalue weighted by Gasteiger charge is 2.48. The van der Waals surface area contributed by atoms with Gasteiger partial charge in [0.25, 0.3) is 0 Å². The molecule has 0 fully saturated rings. The Morgan fingerprint density at radius 2 is 0.869 bits per heavy atom. The number of rotatable bonds is 6. The van der Waals surface area contributed by atoms with Crippen LogP contribution >= 0.6 is 0 Å². The van der Waals surface area contributed by atoms with Gasteiger partial charge in [0.1, 0.15) is 11.2 Å². The lowest BCUT2D eigenvalue weighted by Gasteiger charge is -2.47. The molecule has 0 radical (unpaired) electrons. The standard InChI is InChI=1S/C56H42N4O/c1-35-37(3)51(38(4)36(2)50(35)55-58-53(39-21-8-5-9-22-39)57-54(59-55)40-23-10-6-11-24-40)60-47-32-17-15-29-44(47)56(41-25-12-7-13-26-41,45-30-16-18-33-48(45)60)46-31-20-28-43-42-27-14-19-34-49(42)61-52(43)46/h5-34H,1-4H3. The zero-order valence-corrected chi connectivity index (χ0v) is 34.5. The molecular weight excluding hydrogens is 745 g/mol. The zero-order valence-electron chi connectivity index (χ0n) is 34.5. The first-order valence-corrected chi connectivity index (χ1v) is 20.9. The highest BCUT2D eigenvalue weighted by Crippen LogP contribution is 2.60. The van der Waals surface area contributed by atoms with E-state index in [0.717, 1.165) is 83.5 Å². The van der Waals surface area contributed by atoms with E-state index in [-0.39, 0.29) is 0 Å². The largest absolute Gasteiger partial charge is 0.456 e. The van der Waals surface area contributed by atoms with E-state index < -0.39 is 5.41 Å². The molecule has 0 saturated carbocycles. The minimum atomic E-state index is -0.712. The van der Waals surface area contributed by atoms with Crippen molar-refractivity contribution in [3.8, 4) is 34.2 Å². The minimum absolute atomic E-state index is 0.651. The van der Waals surface area contributed by atoms with Crippen molar-refractivity contribution in [2.75, 3.05) is 4.90 Å². The molecule has 61 heavy (non-hydrogen) atoms. The van der Waals surface area contributed by atoms with Crippen LogP contribution < -0.4 is 4.90 Å². The van der Waals surface area contributed by atoms with Gasteiger partial charge in [-0.3, -0.25) is 0 Å². The fourth-order valence-corrected chi connectivity index (χ4v) is 9.86. The van der Waals surface area contributed by atoms with Crippen LogP contribution in [0.5, 0.6) is 0 Å². The fraction of sp³-hybridized carbons (Fsp3) is 0.0893. The Labute approximate surface area is 355 Å². The predicted molar refractivity (Wildman–Crippen MR) is 249 cm³/mol. The van der Waals surface area contributed by atoms with E-state index >= 15 is 0 Å². The minimum Gasteiger partial charge on any atom is -0.456 e. The van der Waals surface area contributed by atoms with Gasteiger partial charge in [0.05, 0.1) is 22.5 Å². The summed E-state index contributed by atoms with van der Waals surface area (Å²) in [5.41, 5.74) is 16.6. The molecule has 1 aliphatic rings. The SMILES string of the molecule is Cc1c(C)c(N2c3ccccc3C(c3ccccc3)(c3cccc4c3oc3ccccc34)c3ccccc32)c(C)c(C)c1-c1nc(-c2ccccc2)nc(-c2ccccc2)n1. The Hall–Kier alpha value is -7.63. The van der Waals surface area contributed by atoms with Crippen molar-refractivity contribution in [3.05, 3.63) is 226 Å². The first-order chi connectivity index (χ1) is 29.9. The third kappa shape index (κ3) is 5.50. The number of hydrogen-bond donors (Lipinski definition) is 0. The molecule has 0 unspecified atom stereocenters. The van der Waals surface area contributed by atoms with E-state index in [1.165, 1.54) is 16.7 Å². The van der Waals surface area contributed by atoms with Gasteiger partial charge in [0.2, 0.25) is 0 Å². The Morgan fingerprint density at radius 1 is 0.410 bits per heavy atom. The second kappa shape index (κ2) is 14.3. The maximum absolute atomic E-state index is 6.89. The average molecular weight is 787 g/mol. The lowest BCUT2D eigenvalue weighted by atomic mass is 9.62. The van der Waals surface area contributed by atoms with Gasteiger partial charge < -0.3 is 9.32 Å². The summed E-state index contributed by atoms with van der Waals surface area (Å²) in [6, 6.07) is 64.2. The van der Waals surface area contributed by atoms with Crippen molar-refractivity contribution in [1.29, 1.82) is 0 Å². The van der Waals surface area contributed by atoms with Gasteiger partial charge in [-0.15, -0.1) is 0 Å². The zero-order chi connectivity index (χ0) is 41.2. The number of furan rings is 1. The molecule has 1 aliphatic heterocycles. The summed E-state index contributed by atoms with van der Waals surface area (Å²) < 4.78 is 6.89. The third-order valence-electron chi connectivity index (χ3n) is 12.8. The van der Waals surface area contributed by atoms with Crippen molar-refractivity contribution in [2.45, 2.75) is 33.1 Å². The highest BCUT2D eigenvalue weighted by atomic mass is 16.3. The summed E-state index contributed by atoms with van der Waals surface area (Å²) in [6.45, 7) is 8.93. The Balaban J connectivity index is 1.17. The molecule has 10 aromatic rings. The lowest BCUT2D eigenvalue weighted by Crippen LogP contribution is -2.38. The highest BCUT2D eigenvalue weighted by molar-refractivity contribution is 6.07. The van der Waals surface area contributed by atoms with E-state index in [2.05, 4.69) is 172 Å². The molecule has 0 aliphatic carbocycles. The van der Waals surface area contributed by atoms with Gasteiger partial charge >= 0.3 is 0 Å². The van der Waals surface area contributed by atoms with Crippen LogP contribution in [0.1, 0.15) is 44.5 Å². The summed E-state index contributed by atoms with van der Waals surface area (Å²) in [7, 11) is 0. The normalized spacial score (nSPS) is 13.0. The smallest absolute Gasteiger partial charge is 0.164 e. The molecule has 0 saturated heterocycles. The number of nitrogens with zero attached hydrogens (tertiary/aromatic N) is 4. The number of fused-ring (bicyclic) bond motifs is 5. The predicted octanol–water partition coefficient (Wildman–Crippen LogP) is 14.2. The molecule has 5 heteroatoms.